The molecule has 0 aliphatic heterocycles. The van der Waals surface area contributed by atoms with E-state index in [0.717, 1.165) is 11.5 Å². The van der Waals surface area contributed by atoms with E-state index in [1.165, 1.54) is 5.57 Å². The third kappa shape index (κ3) is 5.04. The van der Waals surface area contributed by atoms with E-state index in [9.17, 15) is 0 Å². The van der Waals surface area contributed by atoms with Crippen molar-refractivity contribution in [3.05, 3.63) is 35.9 Å². The van der Waals surface area contributed by atoms with Gasteiger partial charge < -0.3 is 9.16 Å². The van der Waals surface area contributed by atoms with Gasteiger partial charge in [-0.05, 0) is 62.3 Å². The molecule has 0 spiro atoms. The highest BCUT2D eigenvalue weighted by molar-refractivity contribution is 6.74. The van der Waals surface area contributed by atoms with E-state index in [1.807, 2.05) is 24.3 Å². The third-order valence-electron chi connectivity index (χ3n) is 3.74. The summed E-state index contributed by atoms with van der Waals surface area (Å²) in [6.07, 6.45) is 2.07. The van der Waals surface area contributed by atoms with Crippen molar-refractivity contribution in [3.8, 4) is 11.5 Å². The van der Waals surface area contributed by atoms with E-state index < -0.39 is 8.32 Å². The molecule has 0 atom stereocenters. The topological polar surface area (TPSA) is 18.5 Å². The number of benzene rings is 1. The fourth-order valence-electron chi connectivity index (χ4n) is 1.36. The molecule has 0 unspecified atom stereocenters. The van der Waals surface area contributed by atoms with E-state index in [4.69, 9.17) is 9.16 Å². The van der Waals surface area contributed by atoms with Crippen LogP contribution in [0.25, 0.3) is 0 Å². The second kappa shape index (κ2) is 6.49. The Kier molecular flexibility index (Phi) is 5.46. The second-order valence-electron chi connectivity index (χ2n) is 6.93. The summed E-state index contributed by atoms with van der Waals surface area (Å²) in [7, 11) is -1.75. The molecule has 0 bridgehead atoms. The summed E-state index contributed by atoms with van der Waals surface area (Å²) in [6.45, 7) is 16.0. The van der Waals surface area contributed by atoms with Crippen LogP contribution in [0.15, 0.2) is 35.9 Å². The molecule has 0 heterocycles. The first kappa shape index (κ1) is 16.8. The summed E-state index contributed by atoms with van der Waals surface area (Å²) in [5.74, 6) is 1.82. The minimum atomic E-state index is -1.75. The standard InChI is InChI=1S/C17H28O2Si/c1-14(2)12-13-18-15-8-10-16(11-9-15)19-20(6,7)17(3,4)5/h8-12H,13H2,1-7H3. The molecule has 3 heteroatoms. The smallest absolute Gasteiger partial charge is 0.250 e. The average Bonchev–Trinajstić information content (AvgIpc) is 2.29. The maximum Gasteiger partial charge on any atom is 0.250 e. The monoisotopic (exact) mass is 292 g/mol. The lowest BCUT2D eigenvalue weighted by Crippen LogP contribution is -2.43. The lowest BCUT2D eigenvalue weighted by atomic mass is 10.2. The highest BCUT2D eigenvalue weighted by atomic mass is 28.4. The van der Waals surface area contributed by atoms with E-state index >= 15 is 0 Å². The van der Waals surface area contributed by atoms with Crippen molar-refractivity contribution in [2.45, 2.75) is 52.8 Å². The van der Waals surface area contributed by atoms with Crippen LogP contribution in [0.1, 0.15) is 34.6 Å². The summed E-state index contributed by atoms with van der Waals surface area (Å²) in [5.41, 5.74) is 1.27. The molecule has 0 aliphatic rings. The molecule has 0 aliphatic carbocycles. The molecule has 0 radical (unpaired) electrons. The number of ether oxygens (including phenoxy) is 1. The van der Waals surface area contributed by atoms with E-state index in [1.54, 1.807) is 0 Å². The Balaban J connectivity index is 2.66. The van der Waals surface area contributed by atoms with Crippen LogP contribution in [-0.4, -0.2) is 14.9 Å². The van der Waals surface area contributed by atoms with Crippen molar-refractivity contribution < 1.29 is 9.16 Å². The van der Waals surface area contributed by atoms with E-state index in [-0.39, 0.29) is 5.04 Å². The fraction of sp³-hybridized carbons (Fsp3) is 0.529. The Morgan fingerprint density at radius 3 is 2.00 bits per heavy atom. The molecule has 0 amide bonds. The SMILES string of the molecule is CC(C)=CCOc1ccc(O[Si](C)(C)C(C)(C)C)cc1. The number of hydrogen-bond donors (Lipinski definition) is 0. The van der Waals surface area contributed by atoms with Gasteiger partial charge in [0.25, 0.3) is 0 Å². The summed E-state index contributed by atoms with van der Waals surface area (Å²) in [4.78, 5) is 0. The Morgan fingerprint density at radius 2 is 1.55 bits per heavy atom. The van der Waals surface area contributed by atoms with Gasteiger partial charge in [-0.3, -0.25) is 0 Å². The van der Waals surface area contributed by atoms with Crippen LogP contribution in [0.2, 0.25) is 18.1 Å². The predicted molar refractivity (Wildman–Crippen MR) is 89.2 cm³/mol. The average molecular weight is 292 g/mol. The summed E-state index contributed by atoms with van der Waals surface area (Å²) in [5, 5.41) is 0.214. The van der Waals surface area contributed by atoms with Crippen LogP contribution in [0.5, 0.6) is 11.5 Å². The first-order valence-electron chi connectivity index (χ1n) is 7.17. The molecule has 0 saturated heterocycles. The zero-order valence-electron chi connectivity index (χ0n) is 13.9. The van der Waals surface area contributed by atoms with Crippen molar-refractivity contribution >= 4 is 8.32 Å². The Bertz CT molecular complexity index is 449. The molecule has 1 rings (SSSR count). The van der Waals surface area contributed by atoms with Gasteiger partial charge in [0.05, 0.1) is 0 Å². The first-order chi connectivity index (χ1) is 9.12. The largest absolute Gasteiger partial charge is 0.543 e. The van der Waals surface area contributed by atoms with Gasteiger partial charge in [-0.15, -0.1) is 0 Å². The van der Waals surface area contributed by atoms with Crippen molar-refractivity contribution in [2.24, 2.45) is 0 Å². The second-order valence-corrected chi connectivity index (χ2v) is 11.7. The van der Waals surface area contributed by atoms with Crippen LogP contribution >= 0.6 is 0 Å². The summed E-state index contributed by atoms with van der Waals surface area (Å²) in [6, 6.07) is 7.94. The van der Waals surface area contributed by atoms with Gasteiger partial charge in [-0.1, -0.05) is 26.3 Å². The molecule has 1 aromatic carbocycles. The number of rotatable bonds is 5. The van der Waals surface area contributed by atoms with Gasteiger partial charge in [0.15, 0.2) is 0 Å². The van der Waals surface area contributed by atoms with Crippen LogP contribution in [0.4, 0.5) is 0 Å². The molecule has 112 valence electrons. The van der Waals surface area contributed by atoms with Crippen LogP contribution in [0.3, 0.4) is 0 Å². The van der Waals surface area contributed by atoms with Crippen molar-refractivity contribution in [1.82, 2.24) is 0 Å². The summed E-state index contributed by atoms with van der Waals surface area (Å²) < 4.78 is 11.9. The minimum Gasteiger partial charge on any atom is -0.543 e. The fourth-order valence-corrected chi connectivity index (χ4v) is 2.39. The maximum atomic E-state index is 6.24. The van der Waals surface area contributed by atoms with E-state index in [2.05, 4.69) is 53.8 Å². The Hall–Kier alpha value is -1.22. The van der Waals surface area contributed by atoms with Gasteiger partial charge in [-0.2, -0.15) is 0 Å². The molecule has 0 saturated carbocycles. The molecule has 0 fully saturated rings. The molecule has 0 N–H and O–H groups in total. The first-order valence-corrected chi connectivity index (χ1v) is 10.1. The van der Waals surface area contributed by atoms with E-state index in [0.29, 0.717) is 6.61 Å². The molecule has 2 nitrogen and oxygen atoms in total. The Labute approximate surface area is 124 Å². The van der Waals surface area contributed by atoms with Gasteiger partial charge >= 0.3 is 0 Å². The van der Waals surface area contributed by atoms with Gasteiger partial charge in [0.2, 0.25) is 8.32 Å². The third-order valence-corrected chi connectivity index (χ3v) is 8.10. The zero-order chi connectivity index (χ0) is 15.4. The molecular formula is C17H28O2Si. The van der Waals surface area contributed by atoms with Crippen LogP contribution in [-0.2, 0) is 0 Å². The zero-order valence-corrected chi connectivity index (χ0v) is 14.9. The van der Waals surface area contributed by atoms with Crippen LogP contribution in [0, 0.1) is 0 Å². The summed E-state index contributed by atoms with van der Waals surface area (Å²) >= 11 is 0. The Morgan fingerprint density at radius 1 is 1.05 bits per heavy atom. The highest BCUT2D eigenvalue weighted by Crippen LogP contribution is 2.37. The quantitative estimate of drug-likeness (QED) is 0.533. The van der Waals surface area contributed by atoms with Crippen LogP contribution < -0.4 is 9.16 Å². The van der Waals surface area contributed by atoms with Crippen molar-refractivity contribution in [2.75, 3.05) is 6.61 Å². The van der Waals surface area contributed by atoms with Crippen molar-refractivity contribution in [1.29, 1.82) is 0 Å². The lowest BCUT2D eigenvalue weighted by Gasteiger charge is -2.36. The van der Waals surface area contributed by atoms with Crippen molar-refractivity contribution in [3.63, 3.8) is 0 Å². The maximum absolute atomic E-state index is 6.24. The number of hydrogen-bond acceptors (Lipinski definition) is 2. The van der Waals surface area contributed by atoms with Gasteiger partial charge in [-0.25, -0.2) is 0 Å². The molecule has 1 aromatic rings. The predicted octanol–water partition coefficient (Wildman–Crippen LogP) is 5.42. The van der Waals surface area contributed by atoms with Gasteiger partial charge in [0.1, 0.15) is 18.1 Å². The molecule has 0 aromatic heterocycles. The lowest BCUT2D eigenvalue weighted by molar-refractivity contribution is 0.361. The highest BCUT2D eigenvalue weighted by Gasteiger charge is 2.38. The molecular weight excluding hydrogens is 264 g/mol. The normalized spacial score (nSPS) is 11.9. The van der Waals surface area contributed by atoms with Gasteiger partial charge in [0, 0.05) is 0 Å². The number of allylic oxidation sites excluding steroid dienone is 1. The molecule has 20 heavy (non-hydrogen) atoms. The minimum absolute atomic E-state index is 0.214.